The first kappa shape index (κ1) is 17.7. The lowest BCUT2D eigenvalue weighted by Crippen LogP contribution is -2.36. The minimum atomic E-state index is 0.613. The molecule has 0 amide bonds. The van der Waals surface area contributed by atoms with Gasteiger partial charge in [0, 0.05) is 24.9 Å². The molecule has 1 aliphatic rings. The third-order valence-corrected chi connectivity index (χ3v) is 5.20. The van der Waals surface area contributed by atoms with Crippen molar-refractivity contribution in [3.63, 3.8) is 0 Å². The van der Waals surface area contributed by atoms with Crippen LogP contribution in [0.1, 0.15) is 11.5 Å². The van der Waals surface area contributed by atoms with Gasteiger partial charge >= 0.3 is 0 Å². The molecule has 4 nitrogen and oxygen atoms in total. The van der Waals surface area contributed by atoms with E-state index in [4.69, 9.17) is 9.15 Å². The van der Waals surface area contributed by atoms with Crippen LogP contribution in [0.2, 0.25) is 0 Å². The van der Waals surface area contributed by atoms with Gasteiger partial charge in [-0.15, -0.1) is 0 Å². The zero-order valence-electron chi connectivity index (χ0n) is 16.1. The number of aromatic nitrogens is 1. The predicted octanol–water partition coefficient (Wildman–Crippen LogP) is 5.50. The monoisotopic (exact) mass is 382 g/mol. The van der Waals surface area contributed by atoms with Crippen LogP contribution < -0.4 is 4.90 Å². The Morgan fingerprint density at radius 1 is 0.793 bits per heavy atom. The molecule has 0 radical (unpaired) electrons. The Hall–Kier alpha value is -3.37. The largest absolute Gasteiger partial charge is 0.437 e. The summed E-state index contributed by atoms with van der Waals surface area (Å²) in [6.07, 6.45) is 3.96. The average Bonchev–Trinajstić information content (AvgIpc) is 3.21. The highest BCUT2D eigenvalue weighted by Crippen LogP contribution is 2.25. The van der Waals surface area contributed by atoms with Crippen LogP contribution in [0.3, 0.4) is 0 Å². The number of fused-ring (bicyclic) bond motifs is 1. The van der Waals surface area contributed by atoms with Gasteiger partial charge in [0.2, 0.25) is 5.89 Å². The number of hydrogen-bond acceptors (Lipinski definition) is 4. The highest BCUT2D eigenvalue weighted by molar-refractivity contribution is 5.82. The number of anilines is 1. The maximum absolute atomic E-state index is 5.88. The standard InChI is InChI=1S/C25H22N2O2/c1-2-4-20(5-3-1)21-9-12-24-23(18-21)26-25(29-24)13-8-19-6-10-22(11-7-19)27-14-16-28-17-15-27/h1-13,18H,14-17H2/b13-8+. The van der Waals surface area contributed by atoms with Gasteiger partial charge in [0.25, 0.3) is 0 Å². The van der Waals surface area contributed by atoms with E-state index >= 15 is 0 Å². The lowest BCUT2D eigenvalue weighted by atomic mass is 10.1. The van der Waals surface area contributed by atoms with E-state index in [1.54, 1.807) is 0 Å². The minimum Gasteiger partial charge on any atom is -0.437 e. The Morgan fingerprint density at radius 2 is 1.59 bits per heavy atom. The van der Waals surface area contributed by atoms with Gasteiger partial charge in [-0.3, -0.25) is 0 Å². The highest BCUT2D eigenvalue weighted by Gasteiger charge is 2.10. The van der Waals surface area contributed by atoms with E-state index in [1.807, 2.05) is 36.4 Å². The third kappa shape index (κ3) is 3.93. The second-order valence-electron chi connectivity index (χ2n) is 7.12. The van der Waals surface area contributed by atoms with E-state index in [2.05, 4.69) is 58.4 Å². The van der Waals surface area contributed by atoms with Crippen LogP contribution in [0.5, 0.6) is 0 Å². The van der Waals surface area contributed by atoms with E-state index in [-0.39, 0.29) is 0 Å². The molecule has 0 atom stereocenters. The fourth-order valence-corrected chi connectivity index (χ4v) is 3.61. The van der Waals surface area contributed by atoms with Gasteiger partial charge in [0.1, 0.15) is 5.52 Å². The van der Waals surface area contributed by atoms with Gasteiger partial charge in [-0.2, -0.15) is 0 Å². The number of ether oxygens (including phenoxy) is 1. The summed E-state index contributed by atoms with van der Waals surface area (Å²) in [5, 5.41) is 0. The molecule has 1 aliphatic heterocycles. The molecule has 1 fully saturated rings. The lowest BCUT2D eigenvalue weighted by molar-refractivity contribution is 0.122. The van der Waals surface area contributed by atoms with Crippen molar-refractivity contribution >= 4 is 28.9 Å². The summed E-state index contributed by atoms with van der Waals surface area (Å²) in [5.74, 6) is 0.613. The number of benzene rings is 3. The van der Waals surface area contributed by atoms with Crippen molar-refractivity contribution in [1.82, 2.24) is 4.98 Å². The molecule has 3 aromatic carbocycles. The van der Waals surface area contributed by atoms with Gasteiger partial charge in [-0.25, -0.2) is 4.98 Å². The topological polar surface area (TPSA) is 38.5 Å². The molecule has 29 heavy (non-hydrogen) atoms. The van der Waals surface area contributed by atoms with E-state index in [0.717, 1.165) is 48.5 Å². The third-order valence-electron chi connectivity index (χ3n) is 5.20. The van der Waals surface area contributed by atoms with Crippen molar-refractivity contribution in [1.29, 1.82) is 0 Å². The predicted molar refractivity (Wildman–Crippen MR) is 118 cm³/mol. The molecule has 5 rings (SSSR count). The van der Waals surface area contributed by atoms with E-state index in [9.17, 15) is 0 Å². The molecular weight excluding hydrogens is 360 g/mol. The SMILES string of the molecule is C(=C\c1nc2cc(-c3ccccc3)ccc2o1)/c1ccc(N2CCOCC2)cc1. The molecule has 0 saturated carbocycles. The first-order valence-corrected chi connectivity index (χ1v) is 9.92. The number of rotatable bonds is 4. The molecule has 144 valence electrons. The smallest absolute Gasteiger partial charge is 0.220 e. The minimum absolute atomic E-state index is 0.613. The molecule has 0 aliphatic carbocycles. The van der Waals surface area contributed by atoms with Gasteiger partial charge < -0.3 is 14.1 Å². The number of oxazole rings is 1. The average molecular weight is 382 g/mol. The lowest BCUT2D eigenvalue weighted by Gasteiger charge is -2.28. The van der Waals surface area contributed by atoms with Gasteiger partial charge in [-0.1, -0.05) is 48.5 Å². The van der Waals surface area contributed by atoms with Crippen molar-refractivity contribution in [3.8, 4) is 11.1 Å². The molecule has 4 aromatic rings. The Balaban J connectivity index is 1.33. The molecule has 0 bridgehead atoms. The normalized spacial score (nSPS) is 14.7. The second kappa shape index (κ2) is 7.94. The van der Waals surface area contributed by atoms with Crippen molar-refractivity contribution in [2.24, 2.45) is 0 Å². The van der Waals surface area contributed by atoms with Crippen molar-refractivity contribution in [2.45, 2.75) is 0 Å². The highest BCUT2D eigenvalue weighted by atomic mass is 16.5. The molecule has 1 aromatic heterocycles. The summed E-state index contributed by atoms with van der Waals surface area (Å²) in [5.41, 5.74) is 6.34. The summed E-state index contributed by atoms with van der Waals surface area (Å²) in [7, 11) is 0. The molecule has 2 heterocycles. The summed E-state index contributed by atoms with van der Waals surface area (Å²) in [6.45, 7) is 3.49. The second-order valence-corrected chi connectivity index (χ2v) is 7.12. The summed E-state index contributed by atoms with van der Waals surface area (Å²) >= 11 is 0. The van der Waals surface area contributed by atoms with Gasteiger partial charge in [0.05, 0.1) is 13.2 Å². The molecular formula is C25H22N2O2. The molecule has 0 N–H and O–H groups in total. The van der Waals surface area contributed by atoms with Crippen LogP contribution in [-0.4, -0.2) is 31.3 Å². The molecule has 1 saturated heterocycles. The summed E-state index contributed by atoms with van der Waals surface area (Å²) < 4.78 is 11.3. The van der Waals surface area contributed by atoms with Gasteiger partial charge in [0.15, 0.2) is 5.58 Å². The van der Waals surface area contributed by atoms with Crippen LogP contribution in [0.4, 0.5) is 5.69 Å². The van der Waals surface area contributed by atoms with Crippen molar-refractivity contribution in [2.75, 3.05) is 31.2 Å². The summed E-state index contributed by atoms with van der Waals surface area (Å²) in [6, 6.07) is 25.0. The Labute approximate surface area is 170 Å². The van der Waals surface area contributed by atoms with E-state index < -0.39 is 0 Å². The van der Waals surface area contributed by atoms with Crippen molar-refractivity contribution < 1.29 is 9.15 Å². The number of hydrogen-bond donors (Lipinski definition) is 0. The Kier molecular flexibility index (Phi) is 4.85. The zero-order valence-corrected chi connectivity index (χ0v) is 16.1. The quantitative estimate of drug-likeness (QED) is 0.467. The number of nitrogens with zero attached hydrogens (tertiary/aromatic N) is 2. The van der Waals surface area contributed by atoms with Gasteiger partial charge in [-0.05, 0) is 47.0 Å². The van der Waals surface area contributed by atoms with Crippen molar-refractivity contribution in [3.05, 3.63) is 84.3 Å². The maximum atomic E-state index is 5.88. The number of morpholine rings is 1. The Morgan fingerprint density at radius 3 is 2.38 bits per heavy atom. The van der Waals surface area contributed by atoms with E-state index in [1.165, 1.54) is 11.3 Å². The van der Waals surface area contributed by atoms with Crippen LogP contribution in [0.25, 0.3) is 34.4 Å². The van der Waals surface area contributed by atoms with Crippen LogP contribution in [0, 0.1) is 0 Å². The molecule has 4 heteroatoms. The molecule has 0 spiro atoms. The maximum Gasteiger partial charge on any atom is 0.220 e. The first-order chi connectivity index (χ1) is 14.3. The Bertz CT molecular complexity index is 1120. The van der Waals surface area contributed by atoms with Crippen LogP contribution in [-0.2, 0) is 4.74 Å². The molecule has 0 unspecified atom stereocenters. The van der Waals surface area contributed by atoms with Crippen LogP contribution in [0.15, 0.2) is 77.2 Å². The first-order valence-electron chi connectivity index (χ1n) is 9.92. The zero-order chi connectivity index (χ0) is 19.5. The van der Waals surface area contributed by atoms with E-state index in [0.29, 0.717) is 5.89 Å². The summed E-state index contributed by atoms with van der Waals surface area (Å²) in [4.78, 5) is 6.98. The van der Waals surface area contributed by atoms with Crippen LogP contribution >= 0.6 is 0 Å². The fraction of sp³-hybridized carbons (Fsp3) is 0.160. The fourth-order valence-electron chi connectivity index (χ4n) is 3.61.